The highest BCUT2D eigenvalue weighted by atomic mass is 19.2. The number of hydrogen-bond acceptors (Lipinski definition) is 5. The lowest BCUT2D eigenvalue weighted by Gasteiger charge is -2.43. The summed E-state index contributed by atoms with van der Waals surface area (Å²) < 4.78 is 43.1. The first-order valence-corrected chi connectivity index (χ1v) is 8.26. The molecule has 0 saturated heterocycles. The van der Waals surface area contributed by atoms with Gasteiger partial charge in [-0.1, -0.05) is 0 Å². The number of carboxylic acids is 1. The van der Waals surface area contributed by atoms with Crippen molar-refractivity contribution in [3.05, 3.63) is 58.7 Å². The number of aliphatic carboxylic acids is 1. The number of carbonyl (C=O) groups excluding carboxylic acids is 1. The van der Waals surface area contributed by atoms with Crippen LogP contribution in [-0.4, -0.2) is 22.0 Å². The third-order valence-electron chi connectivity index (χ3n) is 5.22. The summed E-state index contributed by atoms with van der Waals surface area (Å²) >= 11 is 0. The van der Waals surface area contributed by atoms with Gasteiger partial charge in [0.25, 0.3) is 0 Å². The summed E-state index contributed by atoms with van der Waals surface area (Å²) in [6.45, 7) is 1.54. The van der Waals surface area contributed by atoms with Gasteiger partial charge in [-0.15, -0.1) is 0 Å². The van der Waals surface area contributed by atoms with Crippen LogP contribution in [-0.2, 0) is 16.2 Å². The van der Waals surface area contributed by atoms with E-state index in [1.54, 1.807) is 0 Å². The summed E-state index contributed by atoms with van der Waals surface area (Å²) in [6, 6.07) is 2.15. The molecule has 0 saturated carbocycles. The number of anilines is 2. The second kappa shape index (κ2) is 6.52. The highest BCUT2D eigenvalue weighted by molar-refractivity contribution is 6.02. The number of allylic oxidation sites excluding steroid dienone is 4. The Kier molecular flexibility index (Phi) is 4.58. The molecule has 0 bridgehead atoms. The monoisotopic (exact) mass is 394 g/mol. The first-order valence-electron chi connectivity index (χ1n) is 8.26. The number of hydrogen-bond donors (Lipinski definition) is 3. The van der Waals surface area contributed by atoms with Gasteiger partial charge >= 0.3 is 5.97 Å². The minimum atomic E-state index is -2.47. The van der Waals surface area contributed by atoms with Crippen LogP contribution in [0.2, 0.25) is 0 Å². The molecular formula is C19H17F3N2O4. The van der Waals surface area contributed by atoms with Crippen molar-refractivity contribution in [1.29, 1.82) is 0 Å². The van der Waals surface area contributed by atoms with Gasteiger partial charge in [0.1, 0.15) is 11.2 Å². The number of nitrogen functional groups attached to an aromatic ring is 1. The lowest BCUT2D eigenvalue weighted by Crippen LogP contribution is -2.49. The zero-order valence-electron chi connectivity index (χ0n) is 15.0. The standard InChI is InChI=1S/C19H17F3N2O4/c1-8-15(21)17(22)19(2,18(27)28)14-13(26)3-4-24(16(8)14)12-6-11(23)10(20)5-9(12)7-25/h3-6,14,25H,7,23H2,1-2H3,(H,27,28). The molecule has 1 aromatic rings. The molecule has 3 rings (SSSR count). The Labute approximate surface area is 158 Å². The summed E-state index contributed by atoms with van der Waals surface area (Å²) in [6.07, 6.45) is 2.25. The van der Waals surface area contributed by atoms with Crippen molar-refractivity contribution in [2.75, 3.05) is 10.6 Å². The van der Waals surface area contributed by atoms with E-state index in [1.807, 2.05) is 0 Å². The summed E-state index contributed by atoms with van der Waals surface area (Å²) in [5, 5.41) is 19.2. The quantitative estimate of drug-likeness (QED) is 0.681. The minimum Gasteiger partial charge on any atom is -0.480 e. The Hall–Kier alpha value is -3.07. The number of aliphatic hydroxyl groups excluding tert-OH is 1. The van der Waals surface area contributed by atoms with E-state index < -0.39 is 47.2 Å². The molecule has 9 heteroatoms. The maximum absolute atomic E-state index is 14.6. The van der Waals surface area contributed by atoms with Gasteiger partial charge in [-0.25, -0.2) is 13.2 Å². The molecule has 4 N–H and O–H groups in total. The van der Waals surface area contributed by atoms with Gasteiger partial charge < -0.3 is 20.8 Å². The molecule has 2 aliphatic rings. The first kappa shape index (κ1) is 19.7. The predicted octanol–water partition coefficient (Wildman–Crippen LogP) is 2.95. The Morgan fingerprint density at radius 1 is 1.32 bits per heavy atom. The number of nitrogens with two attached hydrogens (primary N) is 1. The molecule has 1 aliphatic carbocycles. The molecular weight excluding hydrogens is 377 g/mol. The normalized spacial score (nSPS) is 24.7. The molecule has 0 amide bonds. The van der Waals surface area contributed by atoms with E-state index in [0.29, 0.717) is 0 Å². The number of fused-ring (bicyclic) bond motifs is 1. The Balaban J connectivity index is 2.34. The van der Waals surface area contributed by atoms with Crippen molar-refractivity contribution in [3.63, 3.8) is 0 Å². The number of nitrogens with zero attached hydrogens (tertiary/aromatic N) is 1. The highest BCUT2D eigenvalue weighted by Gasteiger charge is 2.57. The van der Waals surface area contributed by atoms with Crippen LogP contribution in [0.3, 0.4) is 0 Å². The molecule has 2 atom stereocenters. The highest BCUT2D eigenvalue weighted by Crippen LogP contribution is 2.52. The van der Waals surface area contributed by atoms with Crippen molar-refractivity contribution in [2.24, 2.45) is 11.3 Å². The second-order valence-electron chi connectivity index (χ2n) is 6.83. The molecule has 2 unspecified atom stereocenters. The van der Waals surface area contributed by atoms with Crippen LogP contribution in [0.25, 0.3) is 0 Å². The molecule has 1 aromatic carbocycles. The summed E-state index contributed by atoms with van der Waals surface area (Å²) in [5.41, 5.74) is 2.66. The zero-order valence-corrected chi connectivity index (χ0v) is 15.0. The van der Waals surface area contributed by atoms with Crippen molar-refractivity contribution < 1.29 is 33.0 Å². The predicted molar refractivity (Wildman–Crippen MR) is 94.5 cm³/mol. The van der Waals surface area contributed by atoms with E-state index in [0.717, 1.165) is 19.1 Å². The average molecular weight is 394 g/mol. The summed E-state index contributed by atoms with van der Waals surface area (Å²) in [5.74, 6) is -7.71. The number of benzene rings is 1. The second-order valence-corrected chi connectivity index (χ2v) is 6.83. The lowest BCUT2D eigenvalue weighted by molar-refractivity contribution is -0.151. The summed E-state index contributed by atoms with van der Waals surface area (Å²) in [7, 11) is 0. The number of carboxylic acid groups (broad SMARTS) is 1. The van der Waals surface area contributed by atoms with E-state index in [2.05, 4.69) is 0 Å². The summed E-state index contributed by atoms with van der Waals surface area (Å²) in [4.78, 5) is 25.6. The van der Waals surface area contributed by atoms with Crippen LogP contribution in [0, 0.1) is 17.2 Å². The van der Waals surface area contributed by atoms with Crippen LogP contribution < -0.4 is 10.6 Å². The van der Waals surface area contributed by atoms with E-state index in [9.17, 15) is 33.0 Å². The average Bonchev–Trinajstić information content (AvgIpc) is 2.66. The van der Waals surface area contributed by atoms with Crippen LogP contribution in [0.5, 0.6) is 0 Å². The first-order chi connectivity index (χ1) is 13.0. The fraction of sp³-hybridized carbons (Fsp3) is 0.263. The third-order valence-corrected chi connectivity index (χ3v) is 5.22. The molecule has 6 nitrogen and oxygen atoms in total. The van der Waals surface area contributed by atoms with Crippen molar-refractivity contribution in [2.45, 2.75) is 20.5 Å². The van der Waals surface area contributed by atoms with Gasteiger partial charge in [0.15, 0.2) is 17.4 Å². The molecule has 0 spiro atoms. The van der Waals surface area contributed by atoms with E-state index in [4.69, 9.17) is 5.73 Å². The topological polar surface area (TPSA) is 104 Å². The van der Waals surface area contributed by atoms with Crippen LogP contribution >= 0.6 is 0 Å². The fourth-order valence-corrected chi connectivity index (χ4v) is 3.58. The molecule has 28 heavy (non-hydrogen) atoms. The smallest absolute Gasteiger partial charge is 0.317 e. The van der Waals surface area contributed by atoms with Gasteiger partial charge in [0, 0.05) is 23.0 Å². The number of rotatable bonds is 3. The van der Waals surface area contributed by atoms with Gasteiger partial charge in [0.2, 0.25) is 0 Å². The van der Waals surface area contributed by atoms with Crippen molar-refractivity contribution in [3.8, 4) is 0 Å². The Morgan fingerprint density at radius 3 is 2.54 bits per heavy atom. The number of ketones is 1. The van der Waals surface area contributed by atoms with Gasteiger partial charge in [0.05, 0.1) is 23.9 Å². The number of carbonyl (C=O) groups is 2. The fourth-order valence-electron chi connectivity index (χ4n) is 3.58. The Morgan fingerprint density at radius 2 is 1.96 bits per heavy atom. The van der Waals surface area contributed by atoms with Crippen molar-refractivity contribution in [1.82, 2.24) is 0 Å². The van der Waals surface area contributed by atoms with E-state index >= 15 is 0 Å². The zero-order chi connectivity index (χ0) is 21.0. The largest absolute Gasteiger partial charge is 0.480 e. The van der Waals surface area contributed by atoms with Gasteiger partial charge in [-0.3, -0.25) is 9.59 Å². The number of aliphatic hydroxyl groups is 1. The molecule has 148 valence electrons. The van der Waals surface area contributed by atoms with E-state index in [-0.39, 0.29) is 28.2 Å². The Bertz CT molecular complexity index is 999. The maximum Gasteiger partial charge on any atom is 0.317 e. The van der Waals surface area contributed by atoms with Gasteiger partial charge in [-0.05, 0) is 32.1 Å². The van der Waals surface area contributed by atoms with Gasteiger partial charge in [-0.2, -0.15) is 0 Å². The molecule has 0 radical (unpaired) electrons. The number of halogens is 3. The molecule has 0 aromatic heterocycles. The third kappa shape index (κ3) is 2.54. The maximum atomic E-state index is 14.6. The minimum absolute atomic E-state index is 0.0669. The van der Waals surface area contributed by atoms with Crippen LogP contribution in [0.15, 0.2) is 47.3 Å². The molecule has 1 aliphatic heterocycles. The SMILES string of the molecule is CC1=C2C(C(=O)C=CN2c2cc(N)c(F)cc2CO)C(C)(C(=O)O)C(F)=C1F. The van der Waals surface area contributed by atoms with E-state index in [1.165, 1.54) is 24.1 Å². The van der Waals surface area contributed by atoms with Crippen LogP contribution in [0.1, 0.15) is 19.4 Å². The molecule has 1 heterocycles. The molecule has 0 fully saturated rings. The van der Waals surface area contributed by atoms with Crippen LogP contribution in [0.4, 0.5) is 24.5 Å². The lowest BCUT2D eigenvalue weighted by atomic mass is 9.66. The van der Waals surface area contributed by atoms with Crippen molar-refractivity contribution >= 4 is 23.1 Å².